The monoisotopic (exact) mass is 659 g/mol. The molecule has 228 valence electrons. The van der Waals surface area contributed by atoms with Crippen molar-refractivity contribution >= 4 is 73.8 Å². The summed E-state index contributed by atoms with van der Waals surface area (Å²) in [5, 5.41) is 11.2. The number of carboxylic acids is 1. The number of benzene rings is 4. The zero-order valence-corrected chi connectivity index (χ0v) is 26.1. The number of hydrogen-bond donors (Lipinski definition) is 2. The number of fused-ring (bicyclic) bond motifs is 1. The second-order valence-corrected chi connectivity index (χ2v) is 12.8. The molecule has 5 aromatic rings. The Hall–Kier alpha value is -4.54. The highest BCUT2D eigenvalue weighted by molar-refractivity contribution is 7.89. The Balaban J connectivity index is 1.42. The normalized spacial score (nSPS) is 11.6. The highest BCUT2D eigenvalue weighted by Crippen LogP contribution is 2.23. The number of pyridine rings is 1. The van der Waals surface area contributed by atoms with Gasteiger partial charge in [-0.05, 0) is 77.4 Å². The number of amides is 1. The molecule has 0 spiro atoms. The van der Waals surface area contributed by atoms with E-state index in [-0.39, 0.29) is 17.9 Å². The van der Waals surface area contributed by atoms with Gasteiger partial charge in [0.15, 0.2) is 0 Å². The number of nitrogens with zero attached hydrogens (tertiary/aromatic N) is 2. The topological polar surface area (TPSA) is 117 Å². The molecule has 0 aliphatic heterocycles. The van der Waals surface area contributed by atoms with E-state index >= 15 is 0 Å². The van der Waals surface area contributed by atoms with E-state index in [4.69, 9.17) is 23.2 Å². The lowest BCUT2D eigenvalue weighted by Crippen LogP contribution is -2.40. The van der Waals surface area contributed by atoms with Crippen LogP contribution in [0.2, 0.25) is 10.0 Å². The summed E-state index contributed by atoms with van der Waals surface area (Å²) in [5.41, 5.74) is 4.05. The second-order valence-electron chi connectivity index (χ2n) is 10.2. The van der Waals surface area contributed by atoms with Gasteiger partial charge in [0.2, 0.25) is 15.9 Å². The van der Waals surface area contributed by atoms with Crippen molar-refractivity contribution in [2.24, 2.45) is 0 Å². The summed E-state index contributed by atoms with van der Waals surface area (Å²) >= 11 is 12.0. The Labute approximate surface area is 270 Å². The maximum atomic E-state index is 13.6. The lowest BCUT2D eigenvalue weighted by atomic mass is 10.1. The van der Waals surface area contributed by atoms with E-state index in [0.29, 0.717) is 26.9 Å². The molecule has 1 amide bonds. The third-order valence-corrected chi connectivity index (χ3v) is 8.73. The van der Waals surface area contributed by atoms with Gasteiger partial charge in [0, 0.05) is 21.1 Å². The molecule has 0 fully saturated rings. The van der Waals surface area contributed by atoms with Gasteiger partial charge in [-0.2, -0.15) is 0 Å². The molecule has 2 N–H and O–H groups in total. The quantitative estimate of drug-likeness (QED) is 0.160. The molecule has 11 heteroatoms. The molecule has 8 nitrogen and oxygen atoms in total. The fourth-order valence-electron chi connectivity index (χ4n) is 4.64. The van der Waals surface area contributed by atoms with Crippen LogP contribution in [-0.2, 0) is 32.6 Å². The zero-order chi connectivity index (χ0) is 32.0. The summed E-state index contributed by atoms with van der Waals surface area (Å²) in [6.07, 6.45) is 3.54. The Morgan fingerprint density at radius 3 is 2.31 bits per heavy atom. The standard InChI is InChI=1S/C34H27Cl2N3O5S/c35-27-11-15-31(16-12-27)45(43,44)37-21-33(40)39(22-25-5-1-4-24(17-25)19-34(41)42)30-6-2-3-23(18-30)7-13-29-14-9-26-8-10-28(36)20-32(26)38-29/h1-18,20,37H,19,21-22H2,(H,41,42). The SMILES string of the molecule is O=C(O)Cc1cccc(CN(C(=O)CNS(=O)(=O)c2ccc(Cl)cc2)c2cccc(C=Cc3ccc4ccc(Cl)cc4n3)c2)c1. The summed E-state index contributed by atoms with van der Waals surface area (Å²) in [4.78, 5) is 31.0. The third kappa shape index (κ3) is 8.55. The highest BCUT2D eigenvalue weighted by atomic mass is 35.5. The first kappa shape index (κ1) is 31.9. The van der Waals surface area contributed by atoms with Crippen LogP contribution >= 0.6 is 23.2 Å². The van der Waals surface area contributed by atoms with E-state index in [1.54, 1.807) is 48.5 Å². The van der Waals surface area contributed by atoms with Crippen LogP contribution in [0.15, 0.2) is 108 Å². The minimum Gasteiger partial charge on any atom is -0.481 e. The van der Waals surface area contributed by atoms with E-state index in [2.05, 4.69) is 9.71 Å². The molecule has 5 rings (SSSR count). The number of hydrogen-bond acceptors (Lipinski definition) is 5. The first-order chi connectivity index (χ1) is 21.6. The number of carbonyl (C=O) groups is 2. The third-order valence-electron chi connectivity index (χ3n) is 6.83. The highest BCUT2D eigenvalue weighted by Gasteiger charge is 2.21. The van der Waals surface area contributed by atoms with Crippen molar-refractivity contribution in [1.82, 2.24) is 9.71 Å². The molecule has 1 aromatic heterocycles. The number of aliphatic carboxylic acids is 1. The van der Waals surface area contributed by atoms with Crippen molar-refractivity contribution in [3.8, 4) is 0 Å². The van der Waals surface area contributed by atoms with Gasteiger partial charge >= 0.3 is 5.97 Å². The van der Waals surface area contributed by atoms with E-state index in [1.807, 2.05) is 42.5 Å². The van der Waals surface area contributed by atoms with Crippen LogP contribution in [0.1, 0.15) is 22.4 Å². The molecule has 0 aliphatic rings. The number of anilines is 1. The van der Waals surface area contributed by atoms with Gasteiger partial charge in [0.25, 0.3) is 0 Å². The molecule has 45 heavy (non-hydrogen) atoms. The maximum absolute atomic E-state index is 13.6. The summed E-state index contributed by atoms with van der Waals surface area (Å²) < 4.78 is 28.1. The Morgan fingerprint density at radius 2 is 1.53 bits per heavy atom. The van der Waals surface area contributed by atoms with Crippen molar-refractivity contribution < 1.29 is 23.1 Å². The Bertz CT molecular complexity index is 2010. The summed E-state index contributed by atoms with van der Waals surface area (Å²) in [6, 6.07) is 29.1. The van der Waals surface area contributed by atoms with E-state index in [9.17, 15) is 23.1 Å². The molecule has 0 aliphatic carbocycles. The van der Waals surface area contributed by atoms with Gasteiger partial charge < -0.3 is 10.0 Å². The van der Waals surface area contributed by atoms with Gasteiger partial charge in [-0.1, -0.05) is 77.8 Å². The number of rotatable bonds is 11. The molecule has 0 saturated carbocycles. The largest absolute Gasteiger partial charge is 0.481 e. The predicted molar refractivity (Wildman–Crippen MR) is 178 cm³/mol. The van der Waals surface area contributed by atoms with Crippen LogP contribution in [0, 0.1) is 0 Å². The number of nitrogens with one attached hydrogen (secondary N) is 1. The predicted octanol–water partition coefficient (Wildman–Crippen LogP) is 6.85. The number of halogens is 2. The zero-order valence-electron chi connectivity index (χ0n) is 23.7. The van der Waals surface area contributed by atoms with Crippen LogP contribution in [0.25, 0.3) is 23.1 Å². The fraction of sp³-hybridized carbons (Fsp3) is 0.0882. The van der Waals surface area contributed by atoms with Gasteiger partial charge in [-0.25, -0.2) is 18.1 Å². The van der Waals surface area contributed by atoms with Crippen LogP contribution < -0.4 is 9.62 Å². The number of sulfonamides is 1. The summed E-state index contributed by atoms with van der Waals surface area (Å²) in [5.74, 6) is -1.48. The van der Waals surface area contributed by atoms with Crippen molar-refractivity contribution in [2.75, 3.05) is 11.4 Å². The van der Waals surface area contributed by atoms with Crippen LogP contribution in [0.3, 0.4) is 0 Å². The lowest BCUT2D eigenvalue weighted by molar-refractivity contribution is -0.136. The molecule has 1 heterocycles. The van der Waals surface area contributed by atoms with Gasteiger partial charge in [-0.3, -0.25) is 9.59 Å². The molecule has 0 atom stereocenters. The molecule has 0 bridgehead atoms. The van der Waals surface area contributed by atoms with Crippen LogP contribution in [-0.4, -0.2) is 36.9 Å². The number of carbonyl (C=O) groups excluding carboxylic acids is 1. The smallest absolute Gasteiger partial charge is 0.307 e. The van der Waals surface area contributed by atoms with Crippen molar-refractivity contribution in [3.05, 3.63) is 136 Å². The molecule has 0 saturated heterocycles. The van der Waals surface area contributed by atoms with Crippen molar-refractivity contribution in [3.63, 3.8) is 0 Å². The molecule has 0 radical (unpaired) electrons. The number of aromatic nitrogens is 1. The summed E-state index contributed by atoms with van der Waals surface area (Å²) in [6.45, 7) is -0.432. The van der Waals surface area contributed by atoms with Gasteiger partial charge in [0.1, 0.15) is 0 Å². The minimum atomic E-state index is -3.99. The van der Waals surface area contributed by atoms with Crippen molar-refractivity contribution in [1.29, 1.82) is 0 Å². The van der Waals surface area contributed by atoms with Gasteiger partial charge in [-0.15, -0.1) is 0 Å². The van der Waals surface area contributed by atoms with Crippen molar-refractivity contribution in [2.45, 2.75) is 17.9 Å². The molecular formula is C34H27Cl2N3O5S. The maximum Gasteiger partial charge on any atom is 0.307 e. The number of carboxylic acid groups (broad SMARTS) is 1. The van der Waals surface area contributed by atoms with Gasteiger partial charge in [0.05, 0.1) is 35.6 Å². The van der Waals surface area contributed by atoms with E-state index < -0.39 is 28.4 Å². The average molecular weight is 661 g/mol. The second kappa shape index (κ2) is 14.0. The minimum absolute atomic E-state index is 0.0238. The first-order valence-corrected chi connectivity index (χ1v) is 16.0. The lowest BCUT2D eigenvalue weighted by Gasteiger charge is -2.24. The average Bonchev–Trinajstić information content (AvgIpc) is 3.01. The molecular weight excluding hydrogens is 633 g/mol. The fourth-order valence-corrected chi connectivity index (χ4v) is 5.91. The van der Waals surface area contributed by atoms with E-state index in [1.165, 1.54) is 29.2 Å². The van der Waals surface area contributed by atoms with Crippen LogP contribution in [0.5, 0.6) is 0 Å². The van der Waals surface area contributed by atoms with Crippen LogP contribution in [0.4, 0.5) is 5.69 Å². The first-order valence-electron chi connectivity index (χ1n) is 13.8. The molecule has 0 unspecified atom stereocenters. The summed E-state index contributed by atoms with van der Waals surface area (Å²) in [7, 11) is -3.99. The Kier molecular flexibility index (Phi) is 9.95. The Morgan fingerprint density at radius 1 is 0.822 bits per heavy atom. The van der Waals surface area contributed by atoms with E-state index in [0.717, 1.165) is 22.2 Å². The molecule has 4 aromatic carbocycles.